The zero-order valence-corrected chi connectivity index (χ0v) is 6.89. The topological polar surface area (TPSA) is 34.1 Å². The normalized spacial score (nSPS) is 17.5. The second-order valence-corrected chi connectivity index (χ2v) is 3.10. The fourth-order valence-corrected chi connectivity index (χ4v) is 1.04. The van der Waals surface area contributed by atoms with E-state index in [0.717, 1.165) is 12.2 Å². The van der Waals surface area contributed by atoms with Gasteiger partial charge >= 0.3 is 0 Å². The van der Waals surface area contributed by atoms with Crippen LogP contribution in [0, 0.1) is 0 Å². The van der Waals surface area contributed by atoms with Crippen molar-refractivity contribution in [1.29, 1.82) is 0 Å². The van der Waals surface area contributed by atoms with E-state index in [2.05, 4.69) is 0 Å². The average Bonchev–Trinajstić information content (AvgIpc) is 1.94. The zero-order valence-electron chi connectivity index (χ0n) is 5.38. The fraction of sp³-hybridized carbons (Fsp3) is 0.143. The van der Waals surface area contributed by atoms with Gasteiger partial charge in [-0.3, -0.25) is 9.59 Å². The third-order valence-corrected chi connectivity index (χ3v) is 1.69. The molecule has 1 aliphatic rings. The summed E-state index contributed by atoms with van der Waals surface area (Å²) in [6, 6.07) is 0. The molecule has 0 unspecified atom stereocenters. The summed E-state index contributed by atoms with van der Waals surface area (Å²) in [5.41, 5.74) is 0.140. The van der Waals surface area contributed by atoms with Gasteiger partial charge in [0.15, 0.2) is 11.6 Å². The minimum Gasteiger partial charge on any atom is -0.290 e. The van der Waals surface area contributed by atoms with E-state index in [0.29, 0.717) is 0 Å². The standard InChI is InChI=1S/C7H4Cl2O2/c8-7(9)5-3-4(10)1-2-6(5)11/h1-3,7H. The number of carbonyl (C=O) groups is 2. The predicted octanol–water partition coefficient (Wildman–Crippen LogP) is 1.42. The second kappa shape index (κ2) is 3.20. The molecule has 0 aliphatic heterocycles. The first-order valence-electron chi connectivity index (χ1n) is 2.87. The highest BCUT2D eigenvalue weighted by atomic mass is 35.5. The number of ketones is 2. The second-order valence-electron chi connectivity index (χ2n) is 2.00. The van der Waals surface area contributed by atoms with Gasteiger partial charge in [-0.25, -0.2) is 0 Å². The first-order valence-corrected chi connectivity index (χ1v) is 3.74. The number of hydrogen-bond acceptors (Lipinski definition) is 2. The van der Waals surface area contributed by atoms with Crippen molar-refractivity contribution in [2.24, 2.45) is 0 Å². The number of halogens is 2. The van der Waals surface area contributed by atoms with E-state index in [-0.39, 0.29) is 17.1 Å². The lowest BCUT2D eigenvalue weighted by atomic mass is 10.1. The van der Waals surface area contributed by atoms with Gasteiger partial charge in [-0.1, -0.05) is 23.2 Å². The van der Waals surface area contributed by atoms with Crippen molar-refractivity contribution in [1.82, 2.24) is 0 Å². The van der Waals surface area contributed by atoms with Crippen LogP contribution in [0.25, 0.3) is 0 Å². The minimum absolute atomic E-state index is 0.140. The van der Waals surface area contributed by atoms with Crippen LogP contribution >= 0.6 is 23.2 Å². The van der Waals surface area contributed by atoms with Crippen LogP contribution in [0.5, 0.6) is 0 Å². The molecule has 58 valence electrons. The lowest BCUT2D eigenvalue weighted by molar-refractivity contribution is -0.114. The Bertz CT molecular complexity index is 264. The number of alkyl halides is 2. The molecule has 0 saturated heterocycles. The van der Waals surface area contributed by atoms with E-state index in [1.54, 1.807) is 0 Å². The van der Waals surface area contributed by atoms with Crippen molar-refractivity contribution in [3.8, 4) is 0 Å². The summed E-state index contributed by atoms with van der Waals surface area (Å²) in [6.45, 7) is 0. The van der Waals surface area contributed by atoms with E-state index >= 15 is 0 Å². The van der Waals surface area contributed by atoms with Gasteiger partial charge in [0.25, 0.3) is 0 Å². The van der Waals surface area contributed by atoms with Gasteiger partial charge in [-0.05, 0) is 18.2 Å². The summed E-state index contributed by atoms with van der Waals surface area (Å²) >= 11 is 10.8. The average molecular weight is 191 g/mol. The Labute approximate surface area is 73.5 Å². The highest BCUT2D eigenvalue weighted by Gasteiger charge is 2.18. The maximum Gasteiger partial charge on any atom is 0.184 e. The first-order chi connectivity index (χ1) is 5.11. The van der Waals surface area contributed by atoms with Crippen molar-refractivity contribution in [2.75, 3.05) is 0 Å². The van der Waals surface area contributed by atoms with Crippen LogP contribution in [0.15, 0.2) is 23.8 Å². The molecule has 11 heavy (non-hydrogen) atoms. The van der Waals surface area contributed by atoms with E-state index in [9.17, 15) is 9.59 Å². The van der Waals surface area contributed by atoms with Crippen LogP contribution in [-0.4, -0.2) is 16.4 Å². The maximum absolute atomic E-state index is 10.9. The molecule has 0 radical (unpaired) electrons. The Balaban J connectivity index is 2.94. The van der Waals surface area contributed by atoms with Gasteiger partial charge in [0.1, 0.15) is 4.84 Å². The molecule has 0 aromatic heterocycles. The molecule has 2 nitrogen and oxygen atoms in total. The third-order valence-electron chi connectivity index (χ3n) is 1.22. The molecule has 0 fully saturated rings. The molecule has 0 amide bonds. The smallest absolute Gasteiger partial charge is 0.184 e. The largest absolute Gasteiger partial charge is 0.290 e. The van der Waals surface area contributed by atoms with Gasteiger partial charge in [-0.15, -0.1) is 0 Å². The SMILES string of the molecule is O=C1C=CC(=O)C(C(Cl)Cl)=C1. The summed E-state index contributed by atoms with van der Waals surface area (Å²) in [7, 11) is 0. The summed E-state index contributed by atoms with van der Waals surface area (Å²) in [5, 5.41) is 0. The van der Waals surface area contributed by atoms with Crippen LogP contribution in [0.1, 0.15) is 0 Å². The summed E-state index contributed by atoms with van der Waals surface area (Å²) in [4.78, 5) is 20.7. The minimum atomic E-state index is -0.920. The molecule has 1 aliphatic carbocycles. The monoisotopic (exact) mass is 190 g/mol. The van der Waals surface area contributed by atoms with Gasteiger partial charge in [0, 0.05) is 5.57 Å². The molecule has 0 atom stereocenters. The predicted molar refractivity (Wildman–Crippen MR) is 42.7 cm³/mol. The molecule has 1 rings (SSSR count). The molecule has 0 spiro atoms. The van der Waals surface area contributed by atoms with E-state index in [4.69, 9.17) is 23.2 Å². The Morgan fingerprint density at radius 3 is 2.27 bits per heavy atom. The van der Waals surface area contributed by atoms with Crippen molar-refractivity contribution < 1.29 is 9.59 Å². The Morgan fingerprint density at radius 1 is 1.18 bits per heavy atom. The third kappa shape index (κ3) is 1.91. The number of allylic oxidation sites excluding steroid dienone is 4. The van der Waals surface area contributed by atoms with Crippen LogP contribution in [-0.2, 0) is 9.59 Å². The molecular formula is C7H4Cl2O2. The van der Waals surface area contributed by atoms with Crippen molar-refractivity contribution in [3.05, 3.63) is 23.8 Å². The van der Waals surface area contributed by atoms with Gasteiger partial charge in [0.05, 0.1) is 0 Å². The molecule has 4 heteroatoms. The van der Waals surface area contributed by atoms with Crippen molar-refractivity contribution in [3.63, 3.8) is 0 Å². The molecule has 0 N–H and O–H groups in total. The molecule has 0 saturated carbocycles. The number of hydrogen-bond donors (Lipinski definition) is 0. The maximum atomic E-state index is 10.9. The molecule has 0 aromatic rings. The first kappa shape index (κ1) is 8.50. The van der Waals surface area contributed by atoms with Crippen LogP contribution < -0.4 is 0 Å². The fourth-order valence-electron chi connectivity index (χ4n) is 0.697. The van der Waals surface area contributed by atoms with Gasteiger partial charge in [0.2, 0.25) is 0 Å². The summed E-state index contributed by atoms with van der Waals surface area (Å²) < 4.78 is 0. The van der Waals surface area contributed by atoms with E-state index in [1.807, 2.05) is 0 Å². The highest BCUT2D eigenvalue weighted by Crippen LogP contribution is 2.18. The molecule has 0 heterocycles. The number of rotatable bonds is 1. The molecule has 0 bridgehead atoms. The molecular weight excluding hydrogens is 187 g/mol. The lowest BCUT2D eigenvalue weighted by Gasteiger charge is -2.05. The van der Waals surface area contributed by atoms with E-state index in [1.165, 1.54) is 6.08 Å². The molecule has 0 aromatic carbocycles. The summed E-state index contributed by atoms with van der Waals surface area (Å²) in [5.74, 6) is -0.564. The van der Waals surface area contributed by atoms with Gasteiger partial charge < -0.3 is 0 Å². The Morgan fingerprint density at radius 2 is 1.82 bits per heavy atom. The van der Waals surface area contributed by atoms with Crippen molar-refractivity contribution >= 4 is 34.8 Å². The Hall–Kier alpha value is -0.600. The number of carbonyl (C=O) groups excluding carboxylic acids is 2. The van der Waals surface area contributed by atoms with E-state index < -0.39 is 4.84 Å². The summed E-state index contributed by atoms with van der Waals surface area (Å²) in [6.07, 6.45) is 3.49. The zero-order chi connectivity index (χ0) is 8.43. The van der Waals surface area contributed by atoms with Crippen LogP contribution in [0.2, 0.25) is 0 Å². The van der Waals surface area contributed by atoms with Gasteiger partial charge in [-0.2, -0.15) is 0 Å². The quantitative estimate of drug-likeness (QED) is 0.464. The van der Waals surface area contributed by atoms with Crippen LogP contribution in [0.3, 0.4) is 0 Å². The highest BCUT2D eigenvalue weighted by molar-refractivity contribution is 6.49. The van der Waals surface area contributed by atoms with Crippen LogP contribution in [0.4, 0.5) is 0 Å². The lowest BCUT2D eigenvalue weighted by Crippen LogP contribution is -2.12. The Kier molecular flexibility index (Phi) is 2.47. The van der Waals surface area contributed by atoms with Crippen molar-refractivity contribution in [2.45, 2.75) is 4.84 Å².